The molecule has 1 aromatic carbocycles. The van der Waals surface area contributed by atoms with Gasteiger partial charge in [0.05, 0.1) is 4.90 Å². The third kappa shape index (κ3) is 4.98. The first kappa shape index (κ1) is 17.9. The Morgan fingerprint density at radius 2 is 1.86 bits per heavy atom. The van der Waals surface area contributed by atoms with E-state index >= 15 is 0 Å². The highest BCUT2D eigenvalue weighted by Crippen LogP contribution is 2.18. The minimum Gasteiger partial charge on any atom is -0.349 e. The summed E-state index contributed by atoms with van der Waals surface area (Å²) in [6.45, 7) is 0. The van der Waals surface area contributed by atoms with Crippen LogP contribution in [0.25, 0.3) is 0 Å². The van der Waals surface area contributed by atoms with Crippen LogP contribution >= 0.6 is 12.4 Å². The highest BCUT2D eigenvalue weighted by Gasteiger charge is 2.21. The average molecular weight is 333 g/mol. The van der Waals surface area contributed by atoms with Gasteiger partial charge in [0.15, 0.2) is 9.84 Å². The summed E-state index contributed by atoms with van der Waals surface area (Å²) in [6, 6.07) is 6.48. The van der Waals surface area contributed by atoms with Crippen LogP contribution in [0, 0.1) is 0 Å². The lowest BCUT2D eigenvalue weighted by Gasteiger charge is -2.26. The number of benzene rings is 1. The van der Waals surface area contributed by atoms with Crippen LogP contribution in [-0.4, -0.2) is 32.7 Å². The van der Waals surface area contributed by atoms with Crippen molar-refractivity contribution < 1.29 is 13.2 Å². The molecule has 0 aromatic heterocycles. The number of sulfone groups is 1. The molecule has 1 aliphatic carbocycles. The number of amides is 1. The number of carbonyl (C=O) groups is 1. The molecule has 0 spiro atoms. The van der Waals surface area contributed by atoms with Crippen molar-refractivity contribution in [2.45, 2.75) is 42.7 Å². The van der Waals surface area contributed by atoms with Crippen LogP contribution in [0.15, 0.2) is 29.2 Å². The lowest BCUT2D eigenvalue weighted by Crippen LogP contribution is -2.40. The van der Waals surface area contributed by atoms with Crippen molar-refractivity contribution in [3.05, 3.63) is 29.8 Å². The second kappa shape index (κ2) is 7.24. The van der Waals surface area contributed by atoms with Crippen LogP contribution in [0.3, 0.4) is 0 Å². The molecule has 0 heterocycles. The van der Waals surface area contributed by atoms with Crippen LogP contribution in [-0.2, 0) is 9.84 Å². The Kier molecular flexibility index (Phi) is 6.19. The highest BCUT2D eigenvalue weighted by atomic mass is 35.5. The first-order valence-corrected chi connectivity index (χ1v) is 8.62. The maximum Gasteiger partial charge on any atom is 0.251 e. The predicted octanol–water partition coefficient (Wildman–Crippen LogP) is 1.51. The molecule has 0 radical (unpaired) electrons. The van der Waals surface area contributed by atoms with Gasteiger partial charge in [0.1, 0.15) is 0 Å². The molecule has 1 saturated carbocycles. The van der Waals surface area contributed by atoms with Crippen LogP contribution in [0.4, 0.5) is 0 Å². The van der Waals surface area contributed by atoms with Crippen LogP contribution in [0.5, 0.6) is 0 Å². The van der Waals surface area contributed by atoms with Crippen molar-refractivity contribution in [3.8, 4) is 0 Å². The van der Waals surface area contributed by atoms with Gasteiger partial charge in [-0.2, -0.15) is 0 Å². The van der Waals surface area contributed by atoms with E-state index in [-0.39, 0.29) is 35.3 Å². The molecule has 7 heteroatoms. The Hall–Kier alpha value is -1.11. The summed E-state index contributed by atoms with van der Waals surface area (Å²) in [5.74, 6) is -0.226. The van der Waals surface area contributed by atoms with Gasteiger partial charge in [-0.3, -0.25) is 4.79 Å². The normalized spacial score (nSPS) is 22.2. The van der Waals surface area contributed by atoms with Gasteiger partial charge in [0.2, 0.25) is 0 Å². The average Bonchev–Trinajstić information content (AvgIpc) is 2.40. The number of hydrogen-bond donors (Lipinski definition) is 2. The molecule has 0 atom stereocenters. The Labute approximate surface area is 131 Å². The molecule has 1 amide bonds. The maximum absolute atomic E-state index is 12.1. The summed E-state index contributed by atoms with van der Waals surface area (Å²) in [4.78, 5) is 12.3. The monoisotopic (exact) mass is 332 g/mol. The fourth-order valence-electron chi connectivity index (χ4n) is 2.40. The van der Waals surface area contributed by atoms with Gasteiger partial charge in [-0.05, 0) is 43.9 Å². The van der Waals surface area contributed by atoms with Gasteiger partial charge in [-0.25, -0.2) is 8.42 Å². The molecule has 118 valence electrons. The molecule has 1 aliphatic rings. The third-order valence-corrected chi connectivity index (χ3v) is 4.74. The molecule has 0 bridgehead atoms. The van der Waals surface area contributed by atoms with E-state index in [0.29, 0.717) is 5.56 Å². The van der Waals surface area contributed by atoms with Crippen molar-refractivity contribution >= 4 is 28.2 Å². The molecule has 3 N–H and O–H groups in total. The van der Waals surface area contributed by atoms with Gasteiger partial charge in [-0.1, -0.05) is 6.07 Å². The van der Waals surface area contributed by atoms with Gasteiger partial charge < -0.3 is 11.1 Å². The molecule has 0 saturated heterocycles. The Morgan fingerprint density at radius 3 is 2.43 bits per heavy atom. The fourth-order valence-corrected chi connectivity index (χ4v) is 3.07. The Balaban J connectivity index is 0.00000220. The summed E-state index contributed by atoms with van der Waals surface area (Å²) in [5, 5.41) is 2.95. The Bertz CT molecular complexity index is 596. The highest BCUT2D eigenvalue weighted by molar-refractivity contribution is 7.90. The summed E-state index contributed by atoms with van der Waals surface area (Å²) in [5.41, 5.74) is 6.20. The zero-order valence-electron chi connectivity index (χ0n) is 11.9. The van der Waals surface area contributed by atoms with Gasteiger partial charge in [-0.15, -0.1) is 12.4 Å². The maximum atomic E-state index is 12.1. The van der Waals surface area contributed by atoms with Crippen molar-refractivity contribution in [2.75, 3.05) is 6.26 Å². The van der Waals surface area contributed by atoms with E-state index in [2.05, 4.69) is 5.32 Å². The third-order valence-electron chi connectivity index (χ3n) is 3.63. The molecule has 2 rings (SSSR count). The summed E-state index contributed by atoms with van der Waals surface area (Å²) < 4.78 is 23.0. The van der Waals surface area contributed by atoms with Crippen LogP contribution < -0.4 is 11.1 Å². The summed E-state index contributed by atoms with van der Waals surface area (Å²) >= 11 is 0. The first-order chi connectivity index (χ1) is 9.36. The lowest BCUT2D eigenvalue weighted by molar-refractivity contribution is 0.0925. The van der Waals surface area contributed by atoms with E-state index in [9.17, 15) is 13.2 Å². The SMILES string of the molecule is CS(=O)(=O)c1cccc(C(=O)NC2CCC(N)CC2)c1.Cl. The number of rotatable bonds is 3. The molecule has 1 fully saturated rings. The van der Waals surface area contributed by atoms with Gasteiger partial charge in [0, 0.05) is 23.9 Å². The van der Waals surface area contributed by atoms with Crippen molar-refractivity contribution in [1.82, 2.24) is 5.32 Å². The van der Waals surface area contributed by atoms with Crippen molar-refractivity contribution in [2.24, 2.45) is 5.73 Å². The Morgan fingerprint density at radius 1 is 1.24 bits per heavy atom. The second-order valence-electron chi connectivity index (χ2n) is 5.39. The molecular formula is C14H21ClN2O3S. The van der Waals surface area contributed by atoms with Gasteiger partial charge in [0.25, 0.3) is 5.91 Å². The summed E-state index contributed by atoms with van der Waals surface area (Å²) in [7, 11) is -3.30. The predicted molar refractivity (Wildman–Crippen MR) is 84.5 cm³/mol. The molecule has 21 heavy (non-hydrogen) atoms. The zero-order valence-corrected chi connectivity index (χ0v) is 13.5. The van der Waals surface area contributed by atoms with Crippen LogP contribution in [0.2, 0.25) is 0 Å². The fraction of sp³-hybridized carbons (Fsp3) is 0.500. The standard InChI is InChI=1S/C14H20N2O3S.ClH/c1-20(18,19)13-4-2-3-10(9-13)14(17)16-12-7-5-11(15)6-8-12;/h2-4,9,11-12H,5-8,15H2,1H3,(H,16,17);1H. The molecule has 0 aliphatic heterocycles. The van der Waals surface area contributed by atoms with Gasteiger partial charge >= 0.3 is 0 Å². The summed E-state index contributed by atoms with van der Waals surface area (Å²) in [6.07, 6.45) is 4.70. The molecular weight excluding hydrogens is 312 g/mol. The lowest BCUT2D eigenvalue weighted by atomic mass is 9.91. The molecule has 0 unspecified atom stereocenters. The molecule has 1 aromatic rings. The number of halogens is 1. The smallest absolute Gasteiger partial charge is 0.251 e. The quantitative estimate of drug-likeness (QED) is 0.878. The largest absolute Gasteiger partial charge is 0.349 e. The zero-order chi connectivity index (χ0) is 14.8. The van der Waals surface area contributed by atoms with Crippen molar-refractivity contribution in [3.63, 3.8) is 0 Å². The van der Waals surface area contributed by atoms with Crippen LogP contribution in [0.1, 0.15) is 36.0 Å². The first-order valence-electron chi connectivity index (χ1n) is 6.73. The molecule has 5 nitrogen and oxygen atoms in total. The number of hydrogen-bond acceptors (Lipinski definition) is 4. The minimum atomic E-state index is -3.30. The van der Waals surface area contributed by atoms with E-state index in [1.165, 1.54) is 12.1 Å². The minimum absolute atomic E-state index is 0. The van der Waals surface area contributed by atoms with E-state index < -0.39 is 9.84 Å². The number of nitrogens with one attached hydrogen (secondary N) is 1. The number of nitrogens with two attached hydrogens (primary N) is 1. The van der Waals surface area contributed by atoms with E-state index in [1.807, 2.05) is 0 Å². The topological polar surface area (TPSA) is 89.3 Å². The second-order valence-corrected chi connectivity index (χ2v) is 7.40. The van der Waals surface area contributed by atoms with E-state index in [0.717, 1.165) is 31.9 Å². The van der Waals surface area contributed by atoms with E-state index in [4.69, 9.17) is 5.73 Å². The van der Waals surface area contributed by atoms with Crippen molar-refractivity contribution in [1.29, 1.82) is 0 Å². The number of carbonyl (C=O) groups excluding carboxylic acids is 1. The van der Waals surface area contributed by atoms with E-state index in [1.54, 1.807) is 12.1 Å².